The van der Waals surface area contributed by atoms with Crippen LogP contribution >= 0.6 is 0 Å². The van der Waals surface area contributed by atoms with Crippen LogP contribution < -0.4 is 5.32 Å². The van der Waals surface area contributed by atoms with E-state index in [1.807, 2.05) is 36.6 Å². The van der Waals surface area contributed by atoms with Crippen molar-refractivity contribution in [2.75, 3.05) is 0 Å². The van der Waals surface area contributed by atoms with E-state index < -0.39 is 0 Å². The molecule has 0 radical (unpaired) electrons. The number of nitrogens with zero attached hydrogens (tertiary/aromatic N) is 2. The van der Waals surface area contributed by atoms with Gasteiger partial charge in [0.2, 0.25) is 0 Å². The minimum Gasteiger partial charge on any atom is -0.346 e. The summed E-state index contributed by atoms with van der Waals surface area (Å²) < 4.78 is 1.91. The van der Waals surface area contributed by atoms with E-state index in [0.29, 0.717) is 5.69 Å². The topological polar surface area (TPSA) is 46.4 Å². The van der Waals surface area contributed by atoms with Crippen LogP contribution in [0.15, 0.2) is 18.3 Å². The molecule has 23 heavy (non-hydrogen) atoms. The highest BCUT2D eigenvalue weighted by atomic mass is 16.2. The molecule has 2 aromatic rings. The Labute approximate surface area is 139 Å². The van der Waals surface area contributed by atoms with Crippen LogP contribution in [0.3, 0.4) is 0 Å². The van der Waals surface area contributed by atoms with Gasteiger partial charge < -0.3 is 5.32 Å². The van der Waals surface area contributed by atoms with E-state index in [1.165, 1.54) is 0 Å². The van der Waals surface area contributed by atoms with Crippen LogP contribution in [0, 0.1) is 12.3 Å². The second-order valence-corrected chi connectivity index (χ2v) is 8.22. The number of aryl methyl sites for hydroxylation is 2. The van der Waals surface area contributed by atoms with E-state index in [9.17, 15) is 4.79 Å². The molecule has 2 rings (SSSR count). The Kier molecular flexibility index (Phi) is 4.56. The maximum Gasteiger partial charge on any atom is 0.270 e. The van der Waals surface area contributed by atoms with Crippen LogP contribution in [0.4, 0.5) is 0 Å². The van der Waals surface area contributed by atoms with Gasteiger partial charge in [-0.1, -0.05) is 33.8 Å². The molecule has 0 aliphatic rings. The molecule has 4 nitrogen and oxygen atoms in total. The molecule has 0 unspecified atom stereocenters. The molecule has 1 amide bonds. The molecule has 0 aliphatic carbocycles. The normalized spacial score (nSPS) is 12.7. The van der Waals surface area contributed by atoms with E-state index in [4.69, 9.17) is 0 Å². The average Bonchev–Trinajstić information content (AvgIpc) is 2.75. The molecule has 0 fully saturated rings. The largest absolute Gasteiger partial charge is 0.346 e. The highest BCUT2D eigenvalue weighted by Crippen LogP contribution is 2.27. The molecule has 126 valence electrons. The molecule has 2 aromatic heterocycles. The minimum atomic E-state index is -0.270. The molecule has 0 saturated carbocycles. The summed E-state index contributed by atoms with van der Waals surface area (Å²) in [6.07, 6.45) is 3.56. The van der Waals surface area contributed by atoms with Crippen LogP contribution in [0.25, 0.3) is 5.65 Å². The molecule has 2 heterocycles. The van der Waals surface area contributed by atoms with Gasteiger partial charge in [-0.25, -0.2) is 4.98 Å². The second-order valence-electron chi connectivity index (χ2n) is 8.22. The lowest BCUT2D eigenvalue weighted by molar-refractivity contribution is 0.0884. The van der Waals surface area contributed by atoms with Crippen molar-refractivity contribution >= 4 is 11.6 Å². The summed E-state index contributed by atoms with van der Waals surface area (Å²) in [6, 6.07) is 3.98. The number of carbonyl (C=O) groups is 1. The third-order valence-corrected chi connectivity index (χ3v) is 3.89. The molecular formula is C19H29N3O. The number of fused-ring (bicyclic) bond motifs is 1. The van der Waals surface area contributed by atoms with Gasteiger partial charge in [-0.3, -0.25) is 9.20 Å². The SMILES string of the molecule is CCc1nc2c(C)cccn2c1C(=O)NC(C)(C)CC(C)(C)C. The number of imidazole rings is 1. The molecular weight excluding hydrogens is 286 g/mol. The van der Waals surface area contributed by atoms with Gasteiger partial charge in [0.25, 0.3) is 5.91 Å². The van der Waals surface area contributed by atoms with Gasteiger partial charge in [-0.05, 0) is 50.7 Å². The first-order valence-electron chi connectivity index (χ1n) is 8.33. The number of carbonyl (C=O) groups excluding carboxylic acids is 1. The van der Waals surface area contributed by atoms with Crippen molar-refractivity contribution in [3.8, 4) is 0 Å². The molecule has 0 aliphatic heterocycles. The Morgan fingerprint density at radius 3 is 2.48 bits per heavy atom. The maximum atomic E-state index is 12.9. The maximum absolute atomic E-state index is 12.9. The van der Waals surface area contributed by atoms with Crippen molar-refractivity contribution in [3.05, 3.63) is 35.3 Å². The highest BCUT2D eigenvalue weighted by Gasteiger charge is 2.29. The van der Waals surface area contributed by atoms with Crippen molar-refractivity contribution in [1.29, 1.82) is 0 Å². The Hall–Kier alpha value is -1.84. The predicted molar refractivity (Wildman–Crippen MR) is 94.9 cm³/mol. The zero-order valence-corrected chi connectivity index (χ0v) is 15.4. The first kappa shape index (κ1) is 17.5. The minimum absolute atomic E-state index is 0.0470. The molecule has 1 N–H and O–H groups in total. The van der Waals surface area contributed by atoms with E-state index in [1.54, 1.807) is 0 Å². The summed E-state index contributed by atoms with van der Waals surface area (Å²) in [6.45, 7) is 14.8. The fraction of sp³-hybridized carbons (Fsp3) is 0.579. The third-order valence-electron chi connectivity index (χ3n) is 3.89. The van der Waals surface area contributed by atoms with Crippen molar-refractivity contribution in [3.63, 3.8) is 0 Å². The highest BCUT2D eigenvalue weighted by molar-refractivity contribution is 5.95. The molecule has 4 heteroatoms. The van der Waals surface area contributed by atoms with E-state index >= 15 is 0 Å². The van der Waals surface area contributed by atoms with Gasteiger partial charge in [-0.15, -0.1) is 0 Å². The number of pyridine rings is 1. The molecule has 0 bridgehead atoms. The standard InChI is InChI=1S/C19H29N3O/c1-8-14-15(22-11-9-10-13(2)16(22)20-14)17(23)21-19(6,7)12-18(3,4)5/h9-11H,8,12H2,1-7H3,(H,21,23). The van der Waals surface area contributed by atoms with Crippen LogP contribution in [0.2, 0.25) is 0 Å². The zero-order valence-electron chi connectivity index (χ0n) is 15.4. The van der Waals surface area contributed by atoms with E-state index in [-0.39, 0.29) is 16.9 Å². The number of amides is 1. The van der Waals surface area contributed by atoms with Gasteiger partial charge in [0.1, 0.15) is 11.3 Å². The van der Waals surface area contributed by atoms with Crippen molar-refractivity contribution in [1.82, 2.24) is 14.7 Å². The fourth-order valence-electron chi connectivity index (χ4n) is 3.47. The predicted octanol–water partition coefficient (Wildman–Crippen LogP) is 4.15. The number of rotatable bonds is 4. The van der Waals surface area contributed by atoms with Crippen LogP contribution in [-0.4, -0.2) is 20.8 Å². The van der Waals surface area contributed by atoms with Gasteiger partial charge >= 0.3 is 0 Å². The summed E-state index contributed by atoms with van der Waals surface area (Å²) in [5.41, 5.74) is 3.34. The van der Waals surface area contributed by atoms with Gasteiger partial charge in [0, 0.05) is 11.7 Å². The van der Waals surface area contributed by atoms with Crippen molar-refractivity contribution < 1.29 is 4.79 Å². The Bertz CT molecular complexity index is 720. The molecule has 0 atom stereocenters. The lowest BCUT2D eigenvalue weighted by Crippen LogP contribution is -2.46. The van der Waals surface area contributed by atoms with Gasteiger partial charge in [0.05, 0.1) is 5.69 Å². The Morgan fingerprint density at radius 2 is 1.91 bits per heavy atom. The summed E-state index contributed by atoms with van der Waals surface area (Å²) in [5, 5.41) is 3.20. The second kappa shape index (κ2) is 5.99. The number of hydrogen-bond acceptors (Lipinski definition) is 2. The number of hydrogen-bond donors (Lipinski definition) is 1. The van der Waals surface area contributed by atoms with E-state index in [0.717, 1.165) is 29.7 Å². The lowest BCUT2D eigenvalue weighted by Gasteiger charge is -2.33. The summed E-state index contributed by atoms with van der Waals surface area (Å²) in [7, 11) is 0. The van der Waals surface area contributed by atoms with Crippen LogP contribution in [-0.2, 0) is 6.42 Å². The molecule has 0 spiro atoms. The smallest absolute Gasteiger partial charge is 0.270 e. The number of nitrogens with one attached hydrogen (secondary N) is 1. The van der Waals surface area contributed by atoms with Gasteiger partial charge in [-0.2, -0.15) is 0 Å². The van der Waals surface area contributed by atoms with Crippen molar-refractivity contribution in [2.45, 2.75) is 66.8 Å². The average molecular weight is 315 g/mol. The quantitative estimate of drug-likeness (QED) is 0.921. The van der Waals surface area contributed by atoms with E-state index in [2.05, 4.69) is 44.9 Å². The zero-order chi connectivity index (χ0) is 17.4. The summed E-state index contributed by atoms with van der Waals surface area (Å²) >= 11 is 0. The Balaban J connectivity index is 2.40. The third kappa shape index (κ3) is 3.92. The monoisotopic (exact) mass is 315 g/mol. The first-order chi connectivity index (χ1) is 10.5. The fourth-order valence-corrected chi connectivity index (χ4v) is 3.47. The van der Waals surface area contributed by atoms with Gasteiger partial charge in [0.15, 0.2) is 0 Å². The Morgan fingerprint density at radius 1 is 1.26 bits per heavy atom. The molecule has 0 aromatic carbocycles. The first-order valence-corrected chi connectivity index (χ1v) is 8.33. The summed E-state index contributed by atoms with van der Waals surface area (Å²) in [4.78, 5) is 17.6. The molecule has 0 saturated heterocycles. The van der Waals surface area contributed by atoms with Crippen LogP contribution in [0.5, 0.6) is 0 Å². The van der Waals surface area contributed by atoms with Crippen LogP contribution in [0.1, 0.15) is 69.7 Å². The summed E-state index contributed by atoms with van der Waals surface area (Å²) in [5.74, 6) is -0.0470. The van der Waals surface area contributed by atoms with Crippen molar-refractivity contribution in [2.24, 2.45) is 5.41 Å². The lowest BCUT2D eigenvalue weighted by atomic mass is 9.82. The number of aromatic nitrogens is 2.